The normalized spacial score (nSPS) is 9.92. The van der Waals surface area contributed by atoms with Crippen LogP contribution in [-0.2, 0) is 9.59 Å². The molecule has 76 valence electrons. The van der Waals surface area contributed by atoms with Crippen molar-refractivity contribution in [2.75, 3.05) is 27.2 Å². The zero-order valence-corrected chi connectivity index (χ0v) is 8.78. The van der Waals surface area contributed by atoms with Gasteiger partial charge in [0.2, 0.25) is 12.3 Å². The lowest BCUT2D eigenvalue weighted by Crippen LogP contribution is -2.37. The summed E-state index contributed by atoms with van der Waals surface area (Å²) in [5.41, 5.74) is 0. The van der Waals surface area contributed by atoms with Gasteiger partial charge in [0.1, 0.15) is 0 Å². The largest absolute Gasteiger partial charge is 0.344 e. The highest BCUT2D eigenvalue weighted by Gasteiger charge is 2.11. The monoisotopic (exact) mass is 186 g/mol. The van der Waals surface area contributed by atoms with Crippen molar-refractivity contribution in [2.24, 2.45) is 5.92 Å². The van der Waals surface area contributed by atoms with Crippen LogP contribution >= 0.6 is 0 Å². The van der Waals surface area contributed by atoms with Crippen molar-refractivity contribution in [3.63, 3.8) is 0 Å². The summed E-state index contributed by atoms with van der Waals surface area (Å²) in [6.07, 6.45) is 0.654. The Morgan fingerprint density at radius 3 is 2.31 bits per heavy atom. The Morgan fingerprint density at radius 2 is 1.92 bits per heavy atom. The van der Waals surface area contributed by atoms with Gasteiger partial charge in [0.25, 0.3) is 0 Å². The fourth-order valence-corrected chi connectivity index (χ4v) is 1.02. The molecule has 2 amide bonds. The molecule has 0 N–H and O–H groups in total. The van der Waals surface area contributed by atoms with Crippen LogP contribution < -0.4 is 0 Å². The molecule has 0 aliphatic heterocycles. The van der Waals surface area contributed by atoms with Gasteiger partial charge in [0.05, 0.1) is 6.54 Å². The summed E-state index contributed by atoms with van der Waals surface area (Å²) in [7, 11) is 3.34. The van der Waals surface area contributed by atoms with Crippen LogP contribution in [0.1, 0.15) is 13.8 Å². The molecule has 0 heterocycles. The van der Waals surface area contributed by atoms with Crippen LogP contribution in [0.4, 0.5) is 0 Å². The van der Waals surface area contributed by atoms with E-state index in [1.165, 1.54) is 4.90 Å². The minimum absolute atomic E-state index is 0.0247. The van der Waals surface area contributed by atoms with Crippen LogP contribution in [0.5, 0.6) is 0 Å². The maximum absolute atomic E-state index is 11.4. The SMILES string of the molecule is CC(C)CN(C)C(=O)CN(C)C=O. The molecule has 0 unspecified atom stereocenters. The van der Waals surface area contributed by atoms with E-state index in [4.69, 9.17) is 0 Å². The van der Waals surface area contributed by atoms with Crippen LogP contribution in [0.3, 0.4) is 0 Å². The third-order valence-electron chi connectivity index (χ3n) is 1.63. The molecular formula is C9H18N2O2. The molecule has 0 aromatic heterocycles. The highest BCUT2D eigenvalue weighted by molar-refractivity contribution is 5.79. The number of amides is 2. The van der Waals surface area contributed by atoms with E-state index >= 15 is 0 Å². The van der Waals surface area contributed by atoms with E-state index in [-0.39, 0.29) is 12.5 Å². The van der Waals surface area contributed by atoms with Gasteiger partial charge in [-0.2, -0.15) is 0 Å². The van der Waals surface area contributed by atoms with Crippen molar-refractivity contribution in [2.45, 2.75) is 13.8 Å². The molecule has 13 heavy (non-hydrogen) atoms. The van der Waals surface area contributed by atoms with Crippen LogP contribution in [0.15, 0.2) is 0 Å². The summed E-state index contributed by atoms with van der Waals surface area (Å²) in [5, 5.41) is 0. The molecule has 0 rings (SSSR count). The molecule has 0 atom stereocenters. The van der Waals surface area contributed by atoms with Crippen molar-refractivity contribution in [1.82, 2.24) is 9.80 Å². The highest BCUT2D eigenvalue weighted by atomic mass is 16.2. The molecule has 0 bridgehead atoms. The van der Waals surface area contributed by atoms with E-state index in [1.54, 1.807) is 19.0 Å². The van der Waals surface area contributed by atoms with Crippen LogP contribution in [0.25, 0.3) is 0 Å². The van der Waals surface area contributed by atoms with Crippen molar-refractivity contribution in [3.05, 3.63) is 0 Å². The second kappa shape index (κ2) is 5.56. The fourth-order valence-electron chi connectivity index (χ4n) is 1.02. The standard InChI is InChI=1S/C9H18N2O2/c1-8(2)5-11(4)9(13)6-10(3)7-12/h7-8H,5-6H2,1-4H3. The molecule has 0 aliphatic carbocycles. The Balaban J connectivity index is 3.89. The lowest BCUT2D eigenvalue weighted by Gasteiger charge is -2.21. The first-order chi connectivity index (χ1) is 5.97. The number of carbonyl (C=O) groups is 2. The van der Waals surface area contributed by atoms with E-state index in [0.717, 1.165) is 6.54 Å². The molecule has 0 fully saturated rings. The van der Waals surface area contributed by atoms with Crippen molar-refractivity contribution < 1.29 is 9.59 Å². The second-order valence-corrected chi connectivity index (χ2v) is 3.69. The topological polar surface area (TPSA) is 40.6 Å². The predicted octanol–water partition coefficient (Wildman–Crippen LogP) is 0.189. The molecular weight excluding hydrogens is 168 g/mol. The smallest absolute Gasteiger partial charge is 0.241 e. The Kier molecular flexibility index (Phi) is 5.11. The zero-order valence-electron chi connectivity index (χ0n) is 8.78. The van der Waals surface area contributed by atoms with E-state index in [1.807, 2.05) is 13.8 Å². The van der Waals surface area contributed by atoms with Crippen LogP contribution in [-0.4, -0.2) is 49.3 Å². The number of nitrogens with zero attached hydrogens (tertiary/aromatic N) is 2. The van der Waals surface area contributed by atoms with Gasteiger partial charge >= 0.3 is 0 Å². The molecule has 0 aliphatic rings. The van der Waals surface area contributed by atoms with E-state index in [0.29, 0.717) is 12.3 Å². The second-order valence-electron chi connectivity index (χ2n) is 3.69. The van der Waals surface area contributed by atoms with E-state index in [9.17, 15) is 9.59 Å². The van der Waals surface area contributed by atoms with Gasteiger partial charge in [-0.15, -0.1) is 0 Å². The number of likely N-dealkylation sites (N-methyl/N-ethyl adjacent to an activating group) is 2. The molecule has 0 radical (unpaired) electrons. The Bertz CT molecular complexity index is 180. The summed E-state index contributed by atoms with van der Waals surface area (Å²) < 4.78 is 0. The number of rotatable bonds is 5. The molecule has 0 spiro atoms. The summed E-state index contributed by atoms with van der Waals surface area (Å²) >= 11 is 0. The average molecular weight is 186 g/mol. The summed E-state index contributed by atoms with van der Waals surface area (Å²) in [6, 6.07) is 0. The summed E-state index contributed by atoms with van der Waals surface area (Å²) in [6.45, 7) is 4.98. The molecule has 0 aromatic carbocycles. The Hall–Kier alpha value is -1.06. The molecule has 0 saturated heterocycles. The summed E-state index contributed by atoms with van der Waals surface area (Å²) in [4.78, 5) is 24.6. The van der Waals surface area contributed by atoms with Gasteiger partial charge in [-0.25, -0.2) is 0 Å². The van der Waals surface area contributed by atoms with Gasteiger partial charge in [0.15, 0.2) is 0 Å². The molecule has 0 aromatic rings. The maximum Gasteiger partial charge on any atom is 0.241 e. The lowest BCUT2D eigenvalue weighted by molar-refractivity contribution is -0.134. The third kappa shape index (κ3) is 5.22. The fraction of sp³-hybridized carbons (Fsp3) is 0.778. The number of hydrogen-bond donors (Lipinski definition) is 0. The average Bonchev–Trinajstić information content (AvgIpc) is 2.02. The van der Waals surface area contributed by atoms with Crippen molar-refractivity contribution in [1.29, 1.82) is 0 Å². The van der Waals surface area contributed by atoms with Gasteiger partial charge in [-0.05, 0) is 5.92 Å². The first kappa shape index (κ1) is 11.9. The molecule has 0 saturated carbocycles. The first-order valence-electron chi connectivity index (χ1n) is 4.37. The predicted molar refractivity (Wildman–Crippen MR) is 51.2 cm³/mol. The Morgan fingerprint density at radius 1 is 1.38 bits per heavy atom. The van der Waals surface area contributed by atoms with Gasteiger partial charge in [-0.1, -0.05) is 13.8 Å². The van der Waals surface area contributed by atoms with E-state index in [2.05, 4.69) is 0 Å². The van der Waals surface area contributed by atoms with Gasteiger partial charge in [0, 0.05) is 20.6 Å². The van der Waals surface area contributed by atoms with Crippen molar-refractivity contribution >= 4 is 12.3 Å². The van der Waals surface area contributed by atoms with Gasteiger partial charge in [-0.3, -0.25) is 9.59 Å². The van der Waals surface area contributed by atoms with E-state index < -0.39 is 0 Å². The zero-order chi connectivity index (χ0) is 10.4. The highest BCUT2D eigenvalue weighted by Crippen LogP contribution is 1.96. The quantitative estimate of drug-likeness (QED) is 0.575. The molecule has 4 nitrogen and oxygen atoms in total. The van der Waals surface area contributed by atoms with Crippen LogP contribution in [0.2, 0.25) is 0 Å². The van der Waals surface area contributed by atoms with Crippen LogP contribution in [0, 0.1) is 5.92 Å². The third-order valence-corrected chi connectivity index (χ3v) is 1.63. The molecule has 4 heteroatoms. The minimum atomic E-state index is -0.0247. The first-order valence-corrected chi connectivity index (χ1v) is 4.37. The summed E-state index contributed by atoms with van der Waals surface area (Å²) in [5.74, 6) is 0.429. The maximum atomic E-state index is 11.4. The Labute approximate surface area is 79.5 Å². The minimum Gasteiger partial charge on any atom is -0.344 e. The number of hydrogen-bond acceptors (Lipinski definition) is 2. The van der Waals surface area contributed by atoms with Gasteiger partial charge < -0.3 is 9.80 Å². The van der Waals surface area contributed by atoms with Crippen molar-refractivity contribution in [3.8, 4) is 0 Å². The number of carbonyl (C=O) groups excluding carboxylic acids is 2. The lowest BCUT2D eigenvalue weighted by atomic mass is 10.2.